The molecule has 0 N–H and O–H groups in total. The molecule has 6 heteroatoms. The zero-order valence-electron chi connectivity index (χ0n) is 8.75. The van der Waals surface area contributed by atoms with Gasteiger partial charge in [-0.3, -0.25) is 4.79 Å². The summed E-state index contributed by atoms with van der Waals surface area (Å²) in [4.78, 5) is 14.3. The normalized spacial score (nSPS) is 10.4. The van der Waals surface area contributed by atoms with Crippen LogP contribution in [0.1, 0.15) is 10.4 Å². The van der Waals surface area contributed by atoms with Gasteiger partial charge < -0.3 is 0 Å². The minimum atomic E-state index is -0.767. The third-order valence-corrected chi connectivity index (χ3v) is 3.27. The fourth-order valence-electron chi connectivity index (χ4n) is 1.44. The van der Waals surface area contributed by atoms with Crippen LogP contribution in [-0.2, 0) is 0 Å². The number of rotatable bonds is 2. The summed E-state index contributed by atoms with van der Waals surface area (Å²) in [6.45, 7) is 0. The van der Waals surface area contributed by atoms with Crippen LogP contribution in [0.25, 0.3) is 11.3 Å². The molecule has 0 aliphatic carbocycles. The number of halogens is 4. The number of nitrogens with zero attached hydrogens (tertiary/aromatic N) is 1. The molecule has 0 aliphatic rings. The second-order valence-electron chi connectivity index (χ2n) is 3.47. The van der Waals surface area contributed by atoms with Gasteiger partial charge in [-0.25, -0.2) is 4.98 Å². The summed E-state index contributed by atoms with van der Waals surface area (Å²) in [5.74, 6) is -0.767. The minimum Gasteiger partial charge on any atom is -0.298 e. The van der Waals surface area contributed by atoms with Crippen LogP contribution in [0.5, 0.6) is 0 Å². The number of aromatic nitrogens is 1. The molecule has 1 heterocycles. The molecular weight excluding hydrogens is 299 g/mol. The lowest BCUT2D eigenvalue weighted by atomic mass is 10.1. The molecule has 92 valence electrons. The topological polar surface area (TPSA) is 30.0 Å². The molecule has 0 amide bonds. The first-order chi connectivity index (χ1) is 8.51. The van der Waals surface area contributed by atoms with E-state index in [-0.39, 0.29) is 26.3 Å². The molecule has 2 aromatic rings. The monoisotopic (exact) mass is 303 g/mol. The molecular formula is C12H5Cl3FNO. The Morgan fingerprint density at radius 1 is 1.00 bits per heavy atom. The lowest BCUT2D eigenvalue weighted by Crippen LogP contribution is -1.93. The van der Waals surface area contributed by atoms with Gasteiger partial charge in [0.15, 0.2) is 0 Å². The molecule has 0 bridgehead atoms. The highest BCUT2D eigenvalue weighted by Crippen LogP contribution is 2.34. The summed E-state index contributed by atoms with van der Waals surface area (Å²) >= 11 is 17.7. The van der Waals surface area contributed by atoms with Crippen LogP contribution in [0, 0.1) is 5.95 Å². The smallest absolute Gasteiger partial charge is 0.214 e. The molecule has 2 rings (SSSR count). The molecule has 1 aromatic heterocycles. The van der Waals surface area contributed by atoms with Gasteiger partial charge in [0, 0.05) is 17.2 Å². The fourth-order valence-corrected chi connectivity index (χ4v) is 2.09. The minimum absolute atomic E-state index is 0.166. The first-order valence-corrected chi connectivity index (χ1v) is 5.92. The quantitative estimate of drug-likeness (QED) is 0.459. The van der Waals surface area contributed by atoms with Crippen LogP contribution in [-0.4, -0.2) is 11.3 Å². The van der Waals surface area contributed by atoms with Crippen molar-refractivity contribution in [1.29, 1.82) is 0 Å². The summed E-state index contributed by atoms with van der Waals surface area (Å²) in [7, 11) is 0. The Morgan fingerprint density at radius 2 is 1.67 bits per heavy atom. The zero-order chi connectivity index (χ0) is 13.3. The van der Waals surface area contributed by atoms with E-state index in [2.05, 4.69) is 4.98 Å². The van der Waals surface area contributed by atoms with E-state index in [1.54, 1.807) is 0 Å². The molecule has 0 unspecified atom stereocenters. The molecule has 0 spiro atoms. The van der Waals surface area contributed by atoms with Crippen molar-refractivity contribution in [2.24, 2.45) is 0 Å². The summed E-state index contributed by atoms with van der Waals surface area (Å²) in [5.41, 5.74) is 0.800. The van der Waals surface area contributed by atoms with E-state index in [0.717, 1.165) is 6.07 Å². The van der Waals surface area contributed by atoms with Crippen LogP contribution in [0.15, 0.2) is 24.3 Å². The van der Waals surface area contributed by atoms with Gasteiger partial charge in [-0.05, 0) is 18.2 Å². The van der Waals surface area contributed by atoms with Gasteiger partial charge in [0.05, 0.1) is 20.8 Å². The van der Waals surface area contributed by atoms with Crippen molar-refractivity contribution in [2.45, 2.75) is 0 Å². The molecule has 18 heavy (non-hydrogen) atoms. The van der Waals surface area contributed by atoms with Gasteiger partial charge in [0.25, 0.3) is 0 Å². The van der Waals surface area contributed by atoms with Crippen molar-refractivity contribution in [3.8, 4) is 11.3 Å². The largest absolute Gasteiger partial charge is 0.298 e. The standard InChI is InChI=1S/C12H5Cl3FNO/c13-8-4-10(15)9(14)3-7(8)11-1-6(5-18)2-12(16)17-11/h1-5H. The predicted octanol–water partition coefficient (Wildman–Crippen LogP) is 4.66. The van der Waals surface area contributed by atoms with E-state index >= 15 is 0 Å². The number of hydrogen-bond acceptors (Lipinski definition) is 2. The van der Waals surface area contributed by atoms with E-state index in [1.165, 1.54) is 18.2 Å². The van der Waals surface area contributed by atoms with Crippen molar-refractivity contribution in [3.05, 3.63) is 50.8 Å². The zero-order valence-corrected chi connectivity index (χ0v) is 11.0. The third-order valence-electron chi connectivity index (χ3n) is 2.24. The fraction of sp³-hybridized carbons (Fsp3) is 0. The van der Waals surface area contributed by atoms with E-state index in [1.807, 2.05) is 0 Å². The Bertz CT molecular complexity index is 631. The van der Waals surface area contributed by atoms with Crippen molar-refractivity contribution >= 4 is 41.1 Å². The highest BCUT2D eigenvalue weighted by molar-refractivity contribution is 6.44. The first kappa shape index (κ1) is 13.3. The van der Waals surface area contributed by atoms with Crippen LogP contribution < -0.4 is 0 Å². The summed E-state index contributed by atoms with van der Waals surface area (Å²) < 4.78 is 13.2. The van der Waals surface area contributed by atoms with Gasteiger partial charge in [-0.15, -0.1) is 0 Å². The molecule has 0 aliphatic heterocycles. The van der Waals surface area contributed by atoms with Crippen LogP contribution in [0.3, 0.4) is 0 Å². The molecule has 0 atom stereocenters. The van der Waals surface area contributed by atoms with Crippen molar-refractivity contribution < 1.29 is 9.18 Å². The maximum Gasteiger partial charge on any atom is 0.214 e. The summed E-state index contributed by atoms with van der Waals surface area (Å²) in [5, 5.41) is 0.839. The van der Waals surface area contributed by atoms with Gasteiger partial charge in [0.1, 0.15) is 6.29 Å². The van der Waals surface area contributed by atoms with Crippen molar-refractivity contribution in [2.75, 3.05) is 0 Å². The van der Waals surface area contributed by atoms with Gasteiger partial charge in [-0.1, -0.05) is 34.8 Å². The van der Waals surface area contributed by atoms with Crippen molar-refractivity contribution in [3.63, 3.8) is 0 Å². The van der Waals surface area contributed by atoms with E-state index in [9.17, 15) is 9.18 Å². The Labute approximate surface area is 117 Å². The summed E-state index contributed by atoms with van der Waals surface area (Å²) in [6.07, 6.45) is 0.527. The number of carbonyl (C=O) groups is 1. The third kappa shape index (κ3) is 2.64. The van der Waals surface area contributed by atoms with Crippen LogP contribution in [0.4, 0.5) is 4.39 Å². The van der Waals surface area contributed by atoms with Gasteiger partial charge in [-0.2, -0.15) is 4.39 Å². The molecule has 0 saturated carbocycles. The molecule has 1 aromatic carbocycles. The number of aldehydes is 1. The molecule has 0 fully saturated rings. The number of carbonyl (C=O) groups excluding carboxylic acids is 1. The van der Waals surface area contributed by atoms with Gasteiger partial charge >= 0.3 is 0 Å². The van der Waals surface area contributed by atoms with Gasteiger partial charge in [0.2, 0.25) is 5.95 Å². The van der Waals surface area contributed by atoms with E-state index < -0.39 is 5.95 Å². The van der Waals surface area contributed by atoms with E-state index in [4.69, 9.17) is 34.8 Å². The van der Waals surface area contributed by atoms with Crippen LogP contribution >= 0.6 is 34.8 Å². The Morgan fingerprint density at radius 3 is 2.33 bits per heavy atom. The Kier molecular flexibility index (Phi) is 3.85. The average Bonchev–Trinajstić information content (AvgIpc) is 2.33. The summed E-state index contributed by atoms with van der Waals surface area (Å²) in [6, 6.07) is 5.36. The second kappa shape index (κ2) is 5.22. The van der Waals surface area contributed by atoms with Crippen molar-refractivity contribution in [1.82, 2.24) is 4.98 Å². The van der Waals surface area contributed by atoms with Crippen LogP contribution in [0.2, 0.25) is 15.1 Å². The van der Waals surface area contributed by atoms with E-state index in [0.29, 0.717) is 11.8 Å². The maximum atomic E-state index is 13.2. The molecule has 2 nitrogen and oxygen atoms in total. The molecule has 0 saturated heterocycles. The SMILES string of the molecule is O=Cc1cc(F)nc(-c2cc(Cl)c(Cl)cc2Cl)c1. The highest BCUT2D eigenvalue weighted by Gasteiger charge is 2.11. The average molecular weight is 305 g/mol. The Hall–Kier alpha value is -1.16. The lowest BCUT2D eigenvalue weighted by Gasteiger charge is -2.06. The number of benzene rings is 1. The first-order valence-electron chi connectivity index (χ1n) is 4.79. The Balaban J connectivity index is 2.65. The number of pyridine rings is 1. The lowest BCUT2D eigenvalue weighted by molar-refractivity contribution is 0.112. The molecule has 0 radical (unpaired) electrons. The maximum absolute atomic E-state index is 13.2. The second-order valence-corrected chi connectivity index (χ2v) is 4.69. The number of hydrogen-bond donors (Lipinski definition) is 0. The highest BCUT2D eigenvalue weighted by atomic mass is 35.5. The predicted molar refractivity (Wildman–Crippen MR) is 70.0 cm³/mol.